The zero-order valence-corrected chi connectivity index (χ0v) is 15.6. The van der Waals surface area contributed by atoms with E-state index in [0.717, 1.165) is 5.56 Å². The highest BCUT2D eigenvalue weighted by Gasteiger charge is 2.26. The minimum absolute atomic E-state index is 0.0271. The third-order valence-corrected chi connectivity index (χ3v) is 4.77. The number of para-hydroxylation sites is 1. The zero-order chi connectivity index (χ0) is 20.2. The van der Waals surface area contributed by atoms with E-state index in [1.807, 2.05) is 35.2 Å². The van der Waals surface area contributed by atoms with Gasteiger partial charge in [-0.05, 0) is 17.7 Å². The maximum atomic E-state index is 12.3. The van der Waals surface area contributed by atoms with Gasteiger partial charge in [0.2, 0.25) is 0 Å². The van der Waals surface area contributed by atoms with Crippen molar-refractivity contribution >= 4 is 28.2 Å². The molecule has 0 amide bonds. The van der Waals surface area contributed by atoms with Gasteiger partial charge >= 0.3 is 11.3 Å². The van der Waals surface area contributed by atoms with Crippen molar-refractivity contribution in [1.82, 2.24) is 4.90 Å². The molecular weight excluding hydrogens is 374 g/mol. The largest absolute Gasteiger partial charge is 0.418 e. The van der Waals surface area contributed by atoms with Crippen molar-refractivity contribution in [2.45, 2.75) is 6.42 Å². The average Bonchev–Trinajstić information content (AvgIpc) is 2.74. The average molecular weight is 393 g/mol. The molecule has 8 nitrogen and oxygen atoms in total. The van der Waals surface area contributed by atoms with Crippen LogP contribution >= 0.6 is 0 Å². The van der Waals surface area contributed by atoms with Crippen LogP contribution in [0.5, 0.6) is 0 Å². The van der Waals surface area contributed by atoms with Gasteiger partial charge in [-0.3, -0.25) is 10.1 Å². The van der Waals surface area contributed by atoms with Crippen LogP contribution in [0.15, 0.2) is 68.8 Å². The number of nitro groups is 1. The van der Waals surface area contributed by atoms with Crippen LogP contribution in [-0.2, 0) is 11.2 Å². The molecule has 0 spiro atoms. The molecule has 3 aromatic rings. The minimum atomic E-state index is -1.01. The summed E-state index contributed by atoms with van der Waals surface area (Å²) in [6.45, 7) is 2.35. The highest BCUT2D eigenvalue weighted by molar-refractivity contribution is 5.97. The standard InChI is InChI=1S/C21H19N3O5/c25-21-20(24(26)27)19(16-8-4-5-9-17(16)29-21)22-18(23-10-12-28-13-11-23)14-15-6-2-1-3-7-15/h1-9H,10-14H2. The lowest BCUT2D eigenvalue weighted by Gasteiger charge is -2.30. The Bertz CT molecular complexity index is 1120. The van der Waals surface area contributed by atoms with E-state index in [1.165, 1.54) is 0 Å². The Morgan fingerprint density at radius 3 is 2.48 bits per heavy atom. The molecular formula is C21H19N3O5. The molecule has 4 rings (SSSR count). The van der Waals surface area contributed by atoms with Crippen LogP contribution in [0.1, 0.15) is 5.56 Å². The van der Waals surface area contributed by atoms with Crippen molar-refractivity contribution in [3.05, 3.63) is 80.7 Å². The topological polar surface area (TPSA) is 98.2 Å². The predicted molar refractivity (Wildman–Crippen MR) is 109 cm³/mol. The Morgan fingerprint density at radius 1 is 1.07 bits per heavy atom. The number of fused-ring (bicyclic) bond motifs is 1. The summed E-state index contributed by atoms with van der Waals surface area (Å²) in [6.07, 6.45) is 0.479. The second kappa shape index (κ2) is 8.24. The van der Waals surface area contributed by atoms with Crippen molar-refractivity contribution in [2.24, 2.45) is 4.99 Å². The molecule has 0 aliphatic carbocycles. The van der Waals surface area contributed by atoms with Crippen molar-refractivity contribution in [1.29, 1.82) is 0 Å². The number of ether oxygens (including phenoxy) is 1. The van der Waals surface area contributed by atoms with Gasteiger partial charge in [-0.15, -0.1) is 0 Å². The fourth-order valence-corrected chi connectivity index (χ4v) is 3.35. The number of benzene rings is 2. The maximum Gasteiger partial charge on any atom is 0.417 e. The SMILES string of the molecule is O=c1oc2ccccc2c(N=C(Cc2ccccc2)N2CCOCC2)c1[N+](=O)[O-]. The number of hydrogen-bond donors (Lipinski definition) is 0. The van der Waals surface area contributed by atoms with Crippen LogP contribution in [0.2, 0.25) is 0 Å². The summed E-state index contributed by atoms with van der Waals surface area (Å²) in [5.74, 6) is 0.651. The van der Waals surface area contributed by atoms with E-state index in [9.17, 15) is 14.9 Å². The first kappa shape index (κ1) is 18.8. The summed E-state index contributed by atoms with van der Waals surface area (Å²) in [6, 6.07) is 16.4. The Kier molecular flexibility index (Phi) is 5.35. The molecule has 0 atom stereocenters. The second-order valence-corrected chi connectivity index (χ2v) is 6.63. The predicted octanol–water partition coefficient (Wildman–Crippen LogP) is 3.31. The summed E-state index contributed by atoms with van der Waals surface area (Å²) in [4.78, 5) is 29.9. The zero-order valence-electron chi connectivity index (χ0n) is 15.6. The first-order chi connectivity index (χ1) is 14.1. The van der Waals surface area contributed by atoms with E-state index in [1.54, 1.807) is 24.3 Å². The number of morpholine rings is 1. The normalized spacial score (nSPS) is 14.9. The Hall–Kier alpha value is -3.52. The van der Waals surface area contributed by atoms with Crippen LogP contribution in [0.25, 0.3) is 11.0 Å². The van der Waals surface area contributed by atoms with E-state index in [-0.39, 0.29) is 11.3 Å². The molecule has 0 radical (unpaired) electrons. The molecule has 2 heterocycles. The molecule has 1 aliphatic rings. The van der Waals surface area contributed by atoms with Crippen molar-refractivity contribution in [3.63, 3.8) is 0 Å². The summed E-state index contributed by atoms with van der Waals surface area (Å²) in [7, 11) is 0. The van der Waals surface area contributed by atoms with Gasteiger partial charge in [-0.2, -0.15) is 0 Å². The van der Waals surface area contributed by atoms with E-state index in [2.05, 4.69) is 4.99 Å². The number of amidine groups is 1. The van der Waals surface area contributed by atoms with Gasteiger partial charge in [0.25, 0.3) is 0 Å². The molecule has 148 valence electrons. The van der Waals surface area contributed by atoms with Crippen LogP contribution in [0, 0.1) is 10.1 Å². The van der Waals surface area contributed by atoms with Gasteiger partial charge in [-0.25, -0.2) is 9.79 Å². The lowest BCUT2D eigenvalue weighted by molar-refractivity contribution is -0.386. The lowest BCUT2D eigenvalue weighted by Crippen LogP contribution is -2.41. The molecule has 1 fully saturated rings. The van der Waals surface area contributed by atoms with Crippen LogP contribution < -0.4 is 5.63 Å². The molecule has 29 heavy (non-hydrogen) atoms. The molecule has 0 bridgehead atoms. The van der Waals surface area contributed by atoms with E-state index >= 15 is 0 Å². The number of nitrogens with zero attached hydrogens (tertiary/aromatic N) is 3. The van der Waals surface area contributed by atoms with Gasteiger partial charge in [0.05, 0.1) is 23.5 Å². The maximum absolute atomic E-state index is 12.3. The Balaban J connectivity index is 1.91. The fraction of sp³-hybridized carbons (Fsp3) is 0.238. The lowest BCUT2D eigenvalue weighted by atomic mass is 10.1. The Labute approximate surface area is 166 Å². The van der Waals surface area contributed by atoms with Gasteiger partial charge in [0.15, 0.2) is 5.69 Å². The monoisotopic (exact) mass is 393 g/mol. The van der Waals surface area contributed by atoms with E-state index in [4.69, 9.17) is 9.15 Å². The van der Waals surface area contributed by atoms with Gasteiger partial charge in [-0.1, -0.05) is 42.5 Å². The van der Waals surface area contributed by atoms with Gasteiger partial charge in [0, 0.05) is 19.5 Å². The van der Waals surface area contributed by atoms with Crippen LogP contribution in [-0.4, -0.2) is 42.0 Å². The highest BCUT2D eigenvalue weighted by atomic mass is 16.6. The van der Waals surface area contributed by atoms with E-state index in [0.29, 0.717) is 43.9 Å². The molecule has 1 aliphatic heterocycles. The first-order valence-electron chi connectivity index (χ1n) is 9.28. The third kappa shape index (κ3) is 4.02. The van der Waals surface area contributed by atoms with E-state index < -0.39 is 16.2 Å². The Morgan fingerprint density at radius 2 is 1.76 bits per heavy atom. The minimum Gasteiger partial charge on any atom is -0.418 e. The van der Waals surface area contributed by atoms with Crippen molar-refractivity contribution in [3.8, 4) is 0 Å². The number of hydrogen-bond acceptors (Lipinski definition) is 6. The smallest absolute Gasteiger partial charge is 0.417 e. The summed E-state index contributed by atoms with van der Waals surface area (Å²) >= 11 is 0. The third-order valence-electron chi connectivity index (χ3n) is 4.77. The second-order valence-electron chi connectivity index (χ2n) is 6.63. The quantitative estimate of drug-likeness (QED) is 0.222. The van der Waals surface area contributed by atoms with Gasteiger partial charge in [0.1, 0.15) is 11.4 Å². The van der Waals surface area contributed by atoms with Crippen molar-refractivity contribution in [2.75, 3.05) is 26.3 Å². The molecule has 0 saturated carbocycles. The van der Waals surface area contributed by atoms with Crippen molar-refractivity contribution < 1.29 is 14.1 Å². The molecule has 1 saturated heterocycles. The summed E-state index contributed by atoms with van der Waals surface area (Å²) in [5.41, 5.74) is -0.342. The summed E-state index contributed by atoms with van der Waals surface area (Å²) < 4.78 is 10.6. The molecule has 2 aromatic carbocycles. The first-order valence-corrected chi connectivity index (χ1v) is 9.28. The molecule has 0 unspecified atom stereocenters. The fourth-order valence-electron chi connectivity index (χ4n) is 3.35. The molecule has 0 N–H and O–H groups in total. The van der Waals surface area contributed by atoms with Crippen LogP contribution in [0.3, 0.4) is 0 Å². The summed E-state index contributed by atoms with van der Waals surface area (Å²) in [5, 5.41) is 12.1. The number of aliphatic imine (C=N–C) groups is 1. The highest BCUT2D eigenvalue weighted by Crippen LogP contribution is 2.33. The molecule has 8 heteroatoms. The number of rotatable bonds is 4. The van der Waals surface area contributed by atoms with Crippen LogP contribution in [0.4, 0.5) is 11.4 Å². The molecule has 1 aromatic heterocycles. The van der Waals surface area contributed by atoms with Gasteiger partial charge < -0.3 is 14.1 Å².